The molecule has 0 spiro atoms. The van der Waals surface area contributed by atoms with Crippen LogP contribution in [-0.4, -0.2) is 23.4 Å². The van der Waals surface area contributed by atoms with Crippen molar-refractivity contribution in [2.75, 3.05) is 11.5 Å². The monoisotopic (exact) mass is 519 g/mol. The van der Waals surface area contributed by atoms with Crippen molar-refractivity contribution >= 4 is 23.1 Å². The van der Waals surface area contributed by atoms with E-state index in [4.69, 9.17) is 9.47 Å². The van der Waals surface area contributed by atoms with Crippen LogP contribution in [0.15, 0.2) is 115 Å². The number of ketones is 1. The van der Waals surface area contributed by atoms with Gasteiger partial charge in [0.1, 0.15) is 23.9 Å². The lowest BCUT2D eigenvalue weighted by Gasteiger charge is -2.25. The zero-order chi connectivity index (χ0) is 27.2. The summed E-state index contributed by atoms with van der Waals surface area (Å²) in [5.74, 6) is -0.436. The number of nitrogens with zero attached hydrogens (tertiary/aromatic N) is 1. The van der Waals surface area contributed by atoms with E-state index in [1.807, 2.05) is 67.6 Å². The van der Waals surface area contributed by atoms with E-state index in [-0.39, 0.29) is 11.3 Å². The van der Waals surface area contributed by atoms with Crippen LogP contribution in [0.5, 0.6) is 11.5 Å². The highest BCUT2D eigenvalue weighted by Gasteiger charge is 2.47. The highest BCUT2D eigenvalue weighted by Crippen LogP contribution is 2.43. The van der Waals surface area contributed by atoms with Crippen molar-refractivity contribution in [3.05, 3.63) is 131 Å². The van der Waals surface area contributed by atoms with E-state index in [1.165, 1.54) is 4.90 Å². The number of rotatable bonds is 9. The van der Waals surface area contributed by atoms with Gasteiger partial charge in [0.05, 0.1) is 18.2 Å². The molecule has 196 valence electrons. The lowest BCUT2D eigenvalue weighted by atomic mass is 9.95. The van der Waals surface area contributed by atoms with E-state index in [1.54, 1.807) is 48.5 Å². The molecule has 39 heavy (non-hydrogen) atoms. The number of hydrogen-bond acceptors (Lipinski definition) is 5. The zero-order valence-electron chi connectivity index (χ0n) is 21.6. The van der Waals surface area contributed by atoms with Gasteiger partial charge in [-0.15, -0.1) is 0 Å². The number of Topliss-reactive ketones (excluding diaryl/α,β-unsaturated/α-hetero) is 1. The van der Waals surface area contributed by atoms with Gasteiger partial charge in [0.15, 0.2) is 0 Å². The molecular weight excluding hydrogens is 490 g/mol. The van der Waals surface area contributed by atoms with E-state index in [9.17, 15) is 14.7 Å². The lowest BCUT2D eigenvalue weighted by molar-refractivity contribution is -0.132. The molecule has 6 heteroatoms. The standard InChI is InChI=1S/C33H29NO5/c1-2-20-38-27-18-16-24(17-19-27)31(35)29-30(34(33(37)32(29)36)26-13-7-4-8-14-26)25-12-9-15-28(21-25)39-22-23-10-5-3-6-11-23/h3-19,21,30,35H,2,20,22H2,1H3/b31-29-. The van der Waals surface area contributed by atoms with Crippen LogP contribution in [0, 0.1) is 0 Å². The SMILES string of the molecule is CCCOc1ccc(/C(O)=C2/C(=O)C(=O)N(c3ccccc3)C2c2cccc(OCc3ccccc3)c2)cc1. The number of ether oxygens (including phenoxy) is 2. The highest BCUT2D eigenvalue weighted by atomic mass is 16.5. The number of carbonyl (C=O) groups excluding carboxylic acids is 2. The van der Waals surface area contributed by atoms with Crippen LogP contribution in [0.4, 0.5) is 5.69 Å². The van der Waals surface area contributed by atoms with Crippen LogP contribution < -0.4 is 14.4 Å². The number of aliphatic hydroxyl groups is 1. The minimum atomic E-state index is -0.844. The molecule has 1 aliphatic rings. The van der Waals surface area contributed by atoms with Gasteiger partial charge in [0.2, 0.25) is 0 Å². The van der Waals surface area contributed by atoms with Gasteiger partial charge in [0, 0.05) is 11.3 Å². The molecule has 0 saturated carbocycles. The van der Waals surface area contributed by atoms with E-state index in [0.29, 0.717) is 41.5 Å². The van der Waals surface area contributed by atoms with Gasteiger partial charge >= 0.3 is 0 Å². The third kappa shape index (κ3) is 5.55. The second-order valence-electron chi connectivity index (χ2n) is 9.22. The number of hydrogen-bond donors (Lipinski definition) is 1. The summed E-state index contributed by atoms with van der Waals surface area (Å²) in [6.07, 6.45) is 0.874. The zero-order valence-corrected chi connectivity index (χ0v) is 21.6. The van der Waals surface area contributed by atoms with Crippen LogP contribution in [0.25, 0.3) is 5.76 Å². The predicted octanol–water partition coefficient (Wildman–Crippen LogP) is 6.68. The molecule has 1 unspecified atom stereocenters. The van der Waals surface area contributed by atoms with Crippen LogP contribution in [0.2, 0.25) is 0 Å². The smallest absolute Gasteiger partial charge is 0.300 e. The van der Waals surface area contributed by atoms with Crippen LogP contribution in [-0.2, 0) is 16.2 Å². The second kappa shape index (κ2) is 11.7. The highest BCUT2D eigenvalue weighted by molar-refractivity contribution is 6.51. The summed E-state index contributed by atoms with van der Waals surface area (Å²) >= 11 is 0. The second-order valence-corrected chi connectivity index (χ2v) is 9.22. The molecule has 1 N–H and O–H groups in total. The molecule has 0 bridgehead atoms. The van der Waals surface area contributed by atoms with E-state index < -0.39 is 17.7 Å². The minimum Gasteiger partial charge on any atom is -0.507 e. The third-order valence-corrected chi connectivity index (χ3v) is 6.50. The summed E-state index contributed by atoms with van der Waals surface area (Å²) < 4.78 is 11.7. The molecule has 1 heterocycles. The van der Waals surface area contributed by atoms with Crippen molar-refractivity contribution in [2.45, 2.75) is 26.0 Å². The van der Waals surface area contributed by atoms with Gasteiger partial charge in [-0.25, -0.2) is 0 Å². The number of anilines is 1. The Kier molecular flexibility index (Phi) is 7.73. The average Bonchev–Trinajstić information content (AvgIpc) is 3.26. The fourth-order valence-electron chi connectivity index (χ4n) is 4.60. The Balaban J connectivity index is 1.56. The average molecular weight is 520 g/mol. The molecule has 1 aliphatic heterocycles. The summed E-state index contributed by atoms with van der Waals surface area (Å²) in [5, 5.41) is 11.4. The van der Waals surface area contributed by atoms with Crippen LogP contribution >= 0.6 is 0 Å². The van der Waals surface area contributed by atoms with Crippen molar-refractivity contribution in [1.82, 2.24) is 0 Å². The van der Waals surface area contributed by atoms with Gasteiger partial charge in [-0.05, 0) is 66.1 Å². The van der Waals surface area contributed by atoms with E-state index >= 15 is 0 Å². The Bertz CT molecular complexity index is 1480. The van der Waals surface area contributed by atoms with Crippen molar-refractivity contribution in [3.63, 3.8) is 0 Å². The molecule has 0 radical (unpaired) electrons. The molecule has 4 aromatic rings. The van der Waals surface area contributed by atoms with Gasteiger partial charge < -0.3 is 14.6 Å². The molecule has 0 aliphatic carbocycles. The van der Waals surface area contributed by atoms with E-state index in [0.717, 1.165) is 12.0 Å². The Hall–Kier alpha value is -4.84. The topological polar surface area (TPSA) is 76.1 Å². The Morgan fingerprint density at radius 1 is 0.795 bits per heavy atom. The summed E-state index contributed by atoms with van der Waals surface area (Å²) in [4.78, 5) is 28.2. The van der Waals surface area contributed by atoms with Gasteiger partial charge in [-0.2, -0.15) is 0 Å². The predicted molar refractivity (Wildman–Crippen MR) is 151 cm³/mol. The quantitative estimate of drug-likeness (QED) is 0.152. The molecular formula is C33H29NO5. The molecule has 1 saturated heterocycles. The van der Waals surface area contributed by atoms with Crippen LogP contribution in [0.1, 0.15) is 36.1 Å². The van der Waals surface area contributed by atoms with Gasteiger partial charge in [0.25, 0.3) is 11.7 Å². The summed E-state index contributed by atoms with van der Waals surface area (Å²) in [6.45, 7) is 2.97. The Labute approximate surface area is 227 Å². The number of benzene rings is 4. The fourth-order valence-corrected chi connectivity index (χ4v) is 4.60. The molecule has 1 fully saturated rings. The summed E-state index contributed by atoms with van der Waals surface area (Å²) in [6, 6.07) is 32.1. The third-order valence-electron chi connectivity index (χ3n) is 6.50. The van der Waals surface area contributed by atoms with E-state index in [2.05, 4.69) is 0 Å². The Morgan fingerprint density at radius 2 is 1.49 bits per heavy atom. The first-order valence-electron chi connectivity index (χ1n) is 12.9. The number of para-hydroxylation sites is 1. The maximum atomic E-state index is 13.4. The van der Waals surface area contributed by atoms with Crippen LogP contribution in [0.3, 0.4) is 0 Å². The largest absolute Gasteiger partial charge is 0.507 e. The normalized spacial score (nSPS) is 16.3. The van der Waals surface area contributed by atoms with Crippen molar-refractivity contribution in [2.24, 2.45) is 0 Å². The molecule has 6 nitrogen and oxygen atoms in total. The Morgan fingerprint density at radius 3 is 2.18 bits per heavy atom. The number of amides is 1. The van der Waals surface area contributed by atoms with Gasteiger partial charge in [-0.3, -0.25) is 14.5 Å². The first-order valence-corrected chi connectivity index (χ1v) is 12.9. The summed E-state index contributed by atoms with van der Waals surface area (Å²) in [7, 11) is 0. The van der Waals surface area contributed by atoms with Crippen molar-refractivity contribution in [1.29, 1.82) is 0 Å². The number of carbonyl (C=O) groups is 2. The van der Waals surface area contributed by atoms with Gasteiger partial charge in [-0.1, -0.05) is 67.6 Å². The molecule has 0 aromatic heterocycles. The molecule has 5 rings (SSSR count). The minimum absolute atomic E-state index is 0.0197. The molecule has 1 amide bonds. The maximum absolute atomic E-state index is 13.4. The lowest BCUT2D eigenvalue weighted by Crippen LogP contribution is -2.29. The molecule has 4 aromatic carbocycles. The van der Waals surface area contributed by atoms with Crippen molar-refractivity contribution < 1.29 is 24.2 Å². The molecule has 1 atom stereocenters. The first kappa shape index (κ1) is 25.8. The number of aliphatic hydroxyl groups excluding tert-OH is 1. The van der Waals surface area contributed by atoms with Crippen molar-refractivity contribution in [3.8, 4) is 11.5 Å². The summed E-state index contributed by atoms with van der Waals surface area (Å²) in [5.41, 5.74) is 2.66. The fraction of sp³-hybridized carbons (Fsp3) is 0.152. The maximum Gasteiger partial charge on any atom is 0.300 e. The first-order chi connectivity index (χ1) is 19.1.